The summed E-state index contributed by atoms with van der Waals surface area (Å²) in [6, 6.07) is 2.37. The van der Waals surface area contributed by atoms with E-state index in [1.807, 2.05) is 13.8 Å². The summed E-state index contributed by atoms with van der Waals surface area (Å²) in [4.78, 5) is 24.4. The summed E-state index contributed by atoms with van der Waals surface area (Å²) in [6.07, 6.45) is 0. The number of thiophene rings is 1. The monoisotopic (exact) mass is 417 g/mol. The Labute approximate surface area is 161 Å². The third-order valence-corrected chi connectivity index (χ3v) is 8.38. The van der Waals surface area contributed by atoms with E-state index in [1.165, 1.54) is 16.4 Å². The van der Waals surface area contributed by atoms with Gasteiger partial charge in [-0.3, -0.25) is 19.8 Å². The van der Waals surface area contributed by atoms with Gasteiger partial charge >= 0.3 is 5.00 Å². The molecular formula is C15H23N5O5S2. The van der Waals surface area contributed by atoms with Crippen molar-refractivity contribution in [3.8, 4) is 0 Å². The van der Waals surface area contributed by atoms with Crippen molar-refractivity contribution >= 4 is 32.3 Å². The molecule has 3 rings (SSSR count). The fourth-order valence-electron chi connectivity index (χ4n) is 3.34. The number of nitro groups is 1. The summed E-state index contributed by atoms with van der Waals surface area (Å²) in [5.74, 6) is -0.0417. The van der Waals surface area contributed by atoms with E-state index < -0.39 is 20.5 Å². The molecule has 1 aromatic rings. The molecule has 27 heavy (non-hydrogen) atoms. The molecule has 2 aliphatic heterocycles. The fraction of sp³-hybridized carbons (Fsp3) is 0.667. The lowest BCUT2D eigenvalue weighted by Gasteiger charge is -2.44. The SMILES string of the molecule is CC1(C)C(=O)NCCN1C[C@H]1CN(S(=O)(=O)c2ccc([N+](=O)[O-])s2)CCN1. The highest BCUT2D eigenvalue weighted by molar-refractivity contribution is 7.91. The minimum Gasteiger partial charge on any atom is -0.353 e. The minimum absolute atomic E-state index is 0.0208. The van der Waals surface area contributed by atoms with Crippen molar-refractivity contribution in [2.75, 3.05) is 39.3 Å². The Morgan fingerprint density at radius 3 is 2.74 bits per heavy atom. The first-order chi connectivity index (χ1) is 12.6. The highest BCUT2D eigenvalue weighted by atomic mass is 32.2. The van der Waals surface area contributed by atoms with Gasteiger partial charge in [-0.05, 0) is 31.3 Å². The number of hydrogen-bond donors (Lipinski definition) is 2. The van der Waals surface area contributed by atoms with Gasteiger partial charge < -0.3 is 10.6 Å². The molecule has 1 atom stereocenters. The number of nitrogens with zero attached hydrogens (tertiary/aromatic N) is 3. The zero-order chi connectivity index (χ0) is 19.8. The second kappa shape index (κ2) is 7.43. The zero-order valence-electron chi connectivity index (χ0n) is 15.2. The average Bonchev–Trinajstić information content (AvgIpc) is 3.11. The van der Waals surface area contributed by atoms with E-state index in [1.54, 1.807) is 0 Å². The summed E-state index contributed by atoms with van der Waals surface area (Å²) in [7, 11) is -3.78. The van der Waals surface area contributed by atoms with E-state index in [9.17, 15) is 23.3 Å². The van der Waals surface area contributed by atoms with Crippen molar-refractivity contribution in [2.45, 2.75) is 29.6 Å². The van der Waals surface area contributed by atoms with Gasteiger partial charge in [-0.25, -0.2) is 8.42 Å². The number of sulfonamides is 1. The average molecular weight is 418 g/mol. The Morgan fingerprint density at radius 1 is 1.33 bits per heavy atom. The molecule has 2 N–H and O–H groups in total. The van der Waals surface area contributed by atoms with E-state index >= 15 is 0 Å². The van der Waals surface area contributed by atoms with Gasteiger partial charge in [0, 0.05) is 51.4 Å². The Morgan fingerprint density at radius 2 is 2.07 bits per heavy atom. The van der Waals surface area contributed by atoms with Crippen LogP contribution in [0.1, 0.15) is 13.8 Å². The van der Waals surface area contributed by atoms with E-state index in [4.69, 9.17) is 0 Å². The molecule has 12 heteroatoms. The molecule has 10 nitrogen and oxygen atoms in total. The first kappa shape index (κ1) is 20.1. The lowest BCUT2D eigenvalue weighted by Crippen LogP contribution is -2.65. The number of amides is 1. The molecule has 0 aliphatic carbocycles. The Kier molecular flexibility index (Phi) is 5.54. The molecule has 2 fully saturated rings. The number of carbonyl (C=O) groups is 1. The van der Waals surface area contributed by atoms with Crippen LogP contribution in [0.2, 0.25) is 0 Å². The van der Waals surface area contributed by atoms with Crippen molar-refractivity contribution in [1.29, 1.82) is 0 Å². The molecule has 1 amide bonds. The van der Waals surface area contributed by atoms with E-state index in [0.717, 1.165) is 0 Å². The minimum atomic E-state index is -3.78. The van der Waals surface area contributed by atoms with Crippen molar-refractivity contribution in [2.24, 2.45) is 0 Å². The molecule has 0 aromatic carbocycles. The summed E-state index contributed by atoms with van der Waals surface area (Å²) in [5.41, 5.74) is -0.657. The highest BCUT2D eigenvalue weighted by Crippen LogP contribution is 2.30. The standard InChI is InChI=1S/C15H23N5O5S2/c1-15(2)14(21)17-5-7-18(15)9-11-10-19(8-6-16-11)27(24,25)13-4-3-12(26-13)20(22)23/h3-4,11,16H,5-10H2,1-2H3,(H,17,21)/t11-/m0/s1. The van der Waals surface area contributed by atoms with Crippen molar-refractivity contribution in [3.63, 3.8) is 0 Å². The molecule has 150 valence electrons. The van der Waals surface area contributed by atoms with Crippen LogP contribution in [0.3, 0.4) is 0 Å². The normalized spacial score (nSPS) is 24.5. The number of rotatable bonds is 5. The number of carbonyl (C=O) groups excluding carboxylic acids is 1. The lowest BCUT2D eigenvalue weighted by molar-refractivity contribution is -0.380. The first-order valence-electron chi connectivity index (χ1n) is 8.63. The van der Waals surface area contributed by atoms with Crippen LogP contribution in [-0.4, -0.2) is 79.3 Å². The topological polar surface area (TPSA) is 125 Å². The molecular weight excluding hydrogens is 394 g/mol. The number of piperazine rings is 2. The molecule has 1 aromatic heterocycles. The van der Waals surface area contributed by atoms with Crippen molar-refractivity contribution in [3.05, 3.63) is 22.2 Å². The van der Waals surface area contributed by atoms with Crippen LogP contribution in [0, 0.1) is 10.1 Å². The lowest BCUT2D eigenvalue weighted by atomic mass is 9.98. The van der Waals surface area contributed by atoms with Crippen molar-refractivity contribution < 1.29 is 18.1 Å². The van der Waals surface area contributed by atoms with Gasteiger partial charge in [0.05, 0.1) is 10.5 Å². The summed E-state index contributed by atoms with van der Waals surface area (Å²) in [6.45, 7) is 6.54. The quantitative estimate of drug-likeness (QED) is 0.503. The van der Waals surface area contributed by atoms with Crippen LogP contribution >= 0.6 is 11.3 Å². The van der Waals surface area contributed by atoms with Gasteiger partial charge in [0.1, 0.15) is 4.21 Å². The van der Waals surface area contributed by atoms with Crippen molar-refractivity contribution in [1.82, 2.24) is 19.8 Å². The maximum atomic E-state index is 12.8. The largest absolute Gasteiger partial charge is 0.353 e. The van der Waals surface area contributed by atoms with Crippen LogP contribution in [0.5, 0.6) is 0 Å². The molecule has 0 bridgehead atoms. The van der Waals surface area contributed by atoms with Gasteiger partial charge in [0.25, 0.3) is 10.0 Å². The maximum Gasteiger partial charge on any atom is 0.325 e. The fourth-order valence-corrected chi connectivity index (χ4v) is 6.09. The third kappa shape index (κ3) is 3.99. The van der Waals surface area contributed by atoms with E-state index in [0.29, 0.717) is 44.1 Å². The Hall–Kier alpha value is -1.60. The Balaban J connectivity index is 1.71. The molecule has 2 saturated heterocycles. The van der Waals surface area contributed by atoms with Gasteiger partial charge in [-0.2, -0.15) is 4.31 Å². The van der Waals surface area contributed by atoms with Gasteiger partial charge in [0.2, 0.25) is 5.91 Å². The molecule has 2 aliphatic rings. The summed E-state index contributed by atoms with van der Waals surface area (Å²) < 4.78 is 27.0. The maximum absolute atomic E-state index is 12.8. The van der Waals surface area contributed by atoms with Gasteiger partial charge in [0.15, 0.2) is 0 Å². The van der Waals surface area contributed by atoms with Gasteiger partial charge in [-0.15, -0.1) is 0 Å². The molecule has 0 unspecified atom stereocenters. The predicted octanol–water partition coefficient (Wildman–Crippen LogP) is -0.171. The zero-order valence-corrected chi connectivity index (χ0v) is 16.8. The van der Waals surface area contributed by atoms with Crippen LogP contribution in [0.15, 0.2) is 16.3 Å². The number of nitrogens with one attached hydrogen (secondary N) is 2. The predicted molar refractivity (Wildman–Crippen MR) is 100 cm³/mol. The van der Waals surface area contributed by atoms with Gasteiger partial charge in [-0.1, -0.05) is 0 Å². The smallest absolute Gasteiger partial charge is 0.325 e. The molecule has 0 saturated carbocycles. The van der Waals surface area contributed by atoms with E-state index in [2.05, 4.69) is 15.5 Å². The molecule has 0 spiro atoms. The van der Waals surface area contributed by atoms with Crippen LogP contribution in [-0.2, 0) is 14.8 Å². The summed E-state index contributed by atoms with van der Waals surface area (Å²) in [5, 5.41) is 16.8. The second-order valence-electron chi connectivity index (χ2n) is 7.12. The summed E-state index contributed by atoms with van der Waals surface area (Å²) >= 11 is 0.666. The highest BCUT2D eigenvalue weighted by Gasteiger charge is 2.40. The molecule has 3 heterocycles. The molecule has 0 radical (unpaired) electrons. The number of hydrogen-bond acceptors (Lipinski definition) is 8. The Bertz CT molecular complexity index is 837. The van der Waals surface area contributed by atoms with Crippen LogP contribution < -0.4 is 10.6 Å². The van der Waals surface area contributed by atoms with E-state index in [-0.39, 0.29) is 27.7 Å². The first-order valence-corrected chi connectivity index (χ1v) is 10.9. The third-order valence-electron chi connectivity index (χ3n) is 5.01. The van der Waals surface area contributed by atoms with Crippen LogP contribution in [0.4, 0.5) is 5.00 Å². The second-order valence-corrected chi connectivity index (χ2v) is 10.4. The van der Waals surface area contributed by atoms with Crippen LogP contribution in [0.25, 0.3) is 0 Å².